The summed E-state index contributed by atoms with van der Waals surface area (Å²) in [6.45, 7) is 4.23. The van der Waals surface area contributed by atoms with Gasteiger partial charge in [-0.15, -0.1) is 0 Å². The molecule has 0 radical (unpaired) electrons. The number of carboxylic acid groups (broad SMARTS) is 1. The Morgan fingerprint density at radius 2 is 1.43 bits per heavy atom. The number of unbranched alkanes of at least 4 members (excludes halogenated alkanes) is 2. The van der Waals surface area contributed by atoms with Gasteiger partial charge < -0.3 is 19.3 Å². The van der Waals surface area contributed by atoms with Crippen molar-refractivity contribution >= 4 is 5.97 Å². The molecular weight excluding hydrogens is 310 g/mol. The van der Waals surface area contributed by atoms with Gasteiger partial charge in [0.15, 0.2) is 11.6 Å². The molecule has 0 atom stereocenters. The minimum Gasteiger partial charge on any atom is -0.490 e. The molecule has 0 aliphatic heterocycles. The van der Waals surface area contributed by atoms with Crippen LogP contribution in [0.2, 0.25) is 0 Å². The van der Waals surface area contributed by atoms with Crippen LogP contribution in [0.25, 0.3) is 0 Å². The Balaban J connectivity index is 3.38. The number of aromatic carboxylic acids is 1. The van der Waals surface area contributed by atoms with E-state index in [-0.39, 0.29) is 19.0 Å². The third-order valence-electron chi connectivity index (χ3n) is 3.16. The fraction of sp³-hybridized carbons (Fsp3) is 0.562. The maximum absolute atomic E-state index is 14.4. The Bertz CT molecular complexity index is 546. The molecule has 1 rings (SSSR count). The van der Waals surface area contributed by atoms with Gasteiger partial charge in [0.25, 0.3) is 0 Å². The number of halogens is 2. The molecule has 0 aromatic heterocycles. The zero-order valence-corrected chi connectivity index (χ0v) is 13.6. The third kappa shape index (κ3) is 4.46. The van der Waals surface area contributed by atoms with E-state index < -0.39 is 34.7 Å². The van der Waals surface area contributed by atoms with Crippen LogP contribution in [0.3, 0.4) is 0 Å². The van der Waals surface area contributed by atoms with Crippen LogP contribution in [0.15, 0.2) is 0 Å². The molecule has 0 unspecified atom stereocenters. The molecule has 130 valence electrons. The van der Waals surface area contributed by atoms with Gasteiger partial charge in [0.1, 0.15) is 5.56 Å². The van der Waals surface area contributed by atoms with E-state index in [1.54, 1.807) is 0 Å². The third-order valence-corrected chi connectivity index (χ3v) is 3.16. The summed E-state index contributed by atoms with van der Waals surface area (Å²) in [5.41, 5.74) is -1.11. The van der Waals surface area contributed by atoms with Crippen LogP contribution in [0.5, 0.6) is 17.2 Å². The molecule has 1 aromatic rings. The number of ether oxygens (including phenoxy) is 3. The second kappa shape index (κ2) is 9.17. The Hall–Kier alpha value is -2.05. The highest BCUT2D eigenvalue weighted by molar-refractivity contribution is 5.90. The summed E-state index contributed by atoms with van der Waals surface area (Å²) in [4.78, 5) is 11.1. The molecule has 5 nitrogen and oxygen atoms in total. The van der Waals surface area contributed by atoms with Crippen molar-refractivity contribution in [2.24, 2.45) is 0 Å². The Kier molecular flexibility index (Phi) is 7.57. The molecule has 0 aliphatic carbocycles. The smallest absolute Gasteiger partial charge is 0.342 e. The first-order valence-corrected chi connectivity index (χ1v) is 7.57. The zero-order chi connectivity index (χ0) is 17.4. The van der Waals surface area contributed by atoms with Gasteiger partial charge in [-0.1, -0.05) is 26.7 Å². The predicted molar refractivity (Wildman–Crippen MR) is 80.7 cm³/mol. The van der Waals surface area contributed by atoms with E-state index >= 15 is 0 Å². The van der Waals surface area contributed by atoms with Crippen molar-refractivity contribution in [2.45, 2.75) is 39.5 Å². The molecule has 0 saturated heterocycles. The quantitative estimate of drug-likeness (QED) is 0.655. The molecule has 0 spiro atoms. The van der Waals surface area contributed by atoms with Gasteiger partial charge in [0, 0.05) is 0 Å². The molecule has 0 aliphatic rings. The van der Waals surface area contributed by atoms with Crippen molar-refractivity contribution in [3.8, 4) is 17.2 Å². The molecule has 1 aromatic carbocycles. The second-order valence-corrected chi connectivity index (χ2v) is 4.90. The maximum atomic E-state index is 14.4. The molecule has 0 amide bonds. The highest BCUT2D eigenvalue weighted by atomic mass is 19.1. The van der Waals surface area contributed by atoms with Crippen molar-refractivity contribution in [3.63, 3.8) is 0 Å². The SMILES string of the molecule is CCCCOc1c(F)c(C(=O)O)c(F)c(OC)c1OCCCC. The topological polar surface area (TPSA) is 65.0 Å². The second-order valence-electron chi connectivity index (χ2n) is 4.90. The van der Waals surface area contributed by atoms with Crippen LogP contribution in [0, 0.1) is 11.6 Å². The number of carboxylic acids is 1. The van der Waals surface area contributed by atoms with Gasteiger partial charge in [0.05, 0.1) is 20.3 Å². The minimum absolute atomic E-state index is 0.158. The summed E-state index contributed by atoms with van der Waals surface area (Å²) in [7, 11) is 1.16. The van der Waals surface area contributed by atoms with Crippen molar-refractivity contribution in [2.75, 3.05) is 20.3 Å². The summed E-state index contributed by atoms with van der Waals surface area (Å²) >= 11 is 0. The number of methoxy groups -OCH3 is 1. The van der Waals surface area contributed by atoms with E-state index in [1.165, 1.54) is 0 Å². The Morgan fingerprint density at radius 3 is 1.87 bits per heavy atom. The zero-order valence-electron chi connectivity index (χ0n) is 13.6. The number of hydrogen-bond acceptors (Lipinski definition) is 4. The fourth-order valence-electron chi connectivity index (χ4n) is 1.89. The summed E-state index contributed by atoms with van der Waals surface area (Å²) < 4.78 is 44.3. The van der Waals surface area contributed by atoms with Crippen LogP contribution in [-0.4, -0.2) is 31.4 Å². The highest BCUT2D eigenvalue weighted by Crippen LogP contribution is 2.44. The van der Waals surface area contributed by atoms with Crippen LogP contribution < -0.4 is 14.2 Å². The Morgan fingerprint density at radius 1 is 0.957 bits per heavy atom. The van der Waals surface area contributed by atoms with E-state index in [1.807, 2.05) is 13.8 Å². The normalized spacial score (nSPS) is 10.5. The standard InChI is InChI=1S/C16H22F2O5/c1-4-6-8-22-14-12(18)10(16(19)20)11(17)13(21-3)15(14)23-9-7-5-2/h4-9H2,1-3H3,(H,19,20). The summed E-state index contributed by atoms with van der Waals surface area (Å²) in [5, 5.41) is 9.04. The van der Waals surface area contributed by atoms with Crippen molar-refractivity contribution in [1.82, 2.24) is 0 Å². The maximum Gasteiger partial charge on any atom is 0.342 e. The van der Waals surface area contributed by atoms with Gasteiger partial charge in [-0.05, 0) is 12.8 Å². The van der Waals surface area contributed by atoms with Crippen molar-refractivity contribution in [1.29, 1.82) is 0 Å². The predicted octanol–water partition coefficient (Wildman–Crippen LogP) is 4.03. The lowest BCUT2D eigenvalue weighted by atomic mass is 10.1. The lowest BCUT2D eigenvalue weighted by Gasteiger charge is -2.18. The first-order chi connectivity index (χ1) is 11.0. The molecule has 1 N–H and O–H groups in total. The average molecular weight is 332 g/mol. The summed E-state index contributed by atoms with van der Waals surface area (Å²) in [5.74, 6) is -5.47. The molecule has 7 heteroatoms. The monoisotopic (exact) mass is 332 g/mol. The van der Waals surface area contributed by atoms with Crippen molar-refractivity contribution < 1.29 is 32.9 Å². The number of rotatable bonds is 10. The van der Waals surface area contributed by atoms with E-state index in [0.29, 0.717) is 12.8 Å². The average Bonchev–Trinajstić information content (AvgIpc) is 2.50. The lowest BCUT2D eigenvalue weighted by molar-refractivity contribution is 0.0683. The first-order valence-electron chi connectivity index (χ1n) is 7.57. The molecule has 0 fully saturated rings. The van der Waals surface area contributed by atoms with E-state index in [2.05, 4.69) is 0 Å². The van der Waals surface area contributed by atoms with E-state index in [4.69, 9.17) is 19.3 Å². The molecule has 0 heterocycles. The lowest BCUT2D eigenvalue weighted by Crippen LogP contribution is -2.13. The minimum atomic E-state index is -1.74. The molecule has 23 heavy (non-hydrogen) atoms. The van der Waals surface area contributed by atoms with Crippen LogP contribution >= 0.6 is 0 Å². The molecule has 0 bridgehead atoms. The van der Waals surface area contributed by atoms with Gasteiger partial charge in [-0.25, -0.2) is 13.6 Å². The molecular formula is C16H22F2O5. The van der Waals surface area contributed by atoms with E-state index in [9.17, 15) is 13.6 Å². The van der Waals surface area contributed by atoms with Crippen molar-refractivity contribution in [3.05, 3.63) is 17.2 Å². The van der Waals surface area contributed by atoms with Gasteiger partial charge in [0.2, 0.25) is 17.2 Å². The van der Waals surface area contributed by atoms with Crippen LogP contribution in [-0.2, 0) is 0 Å². The van der Waals surface area contributed by atoms with Gasteiger partial charge in [-0.2, -0.15) is 0 Å². The van der Waals surface area contributed by atoms with Crippen LogP contribution in [0.1, 0.15) is 49.9 Å². The van der Waals surface area contributed by atoms with Crippen LogP contribution in [0.4, 0.5) is 8.78 Å². The molecule has 0 saturated carbocycles. The number of benzene rings is 1. The largest absolute Gasteiger partial charge is 0.490 e. The van der Waals surface area contributed by atoms with E-state index in [0.717, 1.165) is 20.0 Å². The highest BCUT2D eigenvalue weighted by Gasteiger charge is 2.31. The van der Waals surface area contributed by atoms with Gasteiger partial charge in [-0.3, -0.25) is 0 Å². The number of hydrogen-bond donors (Lipinski definition) is 1. The summed E-state index contributed by atoms with van der Waals surface area (Å²) in [6.07, 6.45) is 2.93. The van der Waals surface area contributed by atoms with Gasteiger partial charge >= 0.3 is 5.97 Å². The fourth-order valence-corrected chi connectivity index (χ4v) is 1.89. The Labute approximate surface area is 134 Å². The first kappa shape index (κ1) is 19.0. The number of carbonyl (C=O) groups is 1. The summed E-state index contributed by atoms with van der Waals surface area (Å²) in [6, 6.07) is 0.